The first-order valence-electron chi connectivity index (χ1n) is 7.80. The molecule has 20 heavy (non-hydrogen) atoms. The standard InChI is InChI=1S/C15H30O5/c1-5-14(17,6-2)18-10-9-12(16)13-11-19-15(7-3,8-4)20-13/h12-13,16-17H,5-11H2,1-4H3/t12?,13-/m0/s1. The number of hydrogen-bond acceptors (Lipinski definition) is 5. The van der Waals surface area contributed by atoms with Crippen LogP contribution < -0.4 is 0 Å². The van der Waals surface area contributed by atoms with Gasteiger partial charge in [0.15, 0.2) is 11.6 Å². The maximum absolute atomic E-state index is 10.1. The highest BCUT2D eigenvalue weighted by atomic mass is 16.7. The molecule has 5 heteroatoms. The fourth-order valence-electron chi connectivity index (χ4n) is 2.40. The van der Waals surface area contributed by atoms with Crippen molar-refractivity contribution in [1.29, 1.82) is 0 Å². The molecule has 1 saturated heterocycles. The molecule has 0 radical (unpaired) electrons. The molecule has 1 heterocycles. The van der Waals surface area contributed by atoms with Crippen LogP contribution in [-0.4, -0.2) is 47.2 Å². The zero-order valence-electron chi connectivity index (χ0n) is 13.2. The van der Waals surface area contributed by atoms with E-state index in [4.69, 9.17) is 14.2 Å². The van der Waals surface area contributed by atoms with Crippen molar-refractivity contribution in [3.05, 3.63) is 0 Å². The van der Waals surface area contributed by atoms with Crippen molar-refractivity contribution in [1.82, 2.24) is 0 Å². The van der Waals surface area contributed by atoms with Crippen LogP contribution in [0.5, 0.6) is 0 Å². The smallest absolute Gasteiger partial charge is 0.168 e. The largest absolute Gasteiger partial charge is 0.390 e. The van der Waals surface area contributed by atoms with Crippen LogP contribution in [0, 0.1) is 0 Å². The summed E-state index contributed by atoms with van der Waals surface area (Å²) >= 11 is 0. The average Bonchev–Trinajstić information content (AvgIpc) is 2.92. The normalized spacial score (nSPS) is 24.0. The molecule has 1 rings (SSSR count). The lowest BCUT2D eigenvalue weighted by Gasteiger charge is -2.28. The molecule has 1 unspecified atom stereocenters. The van der Waals surface area contributed by atoms with Crippen LogP contribution in [0.3, 0.4) is 0 Å². The first-order valence-corrected chi connectivity index (χ1v) is 7.80. The van der Waals surface area contributed by atoms with E-state index in [1.165, 1.54) is 0 Å². The zero-order chi connectivity index (χ0) is 15.2. The quantitative estimate of drug-likeness (QED) is 0.637. The van der Waals surface area contributed by atoms with E-state index in [0.717, 1.165) is 12.8 Å². The summed E-state index contributed by atoms with van der Waals surface area (Å²) in [5.74, 6) is -1.62. The van der Waals surface area contributed by atoms with Crippen molar-refractivity contribution >= 4 is 0 Å². The highest BCUT2D eigenvalue weighted by Gasteiger charge is 2.41. The summed E-state index contributed by atoms with van der Waals surface area (Å²) in [6.07, 6.45) is 2.11. The molecular weight excluding hydrogens is 260 g/mol. The monoisotopic (exact) mass is 290 g/mol. The van der Waals surface area contributed by atoms with Gasteiger partial charge in [-0.25, -0.2) is 0 Å². The number of ether oxygens (including phenoxy) is 3. The summed E-state index contributed by atoms with van der Waals surface area (Å²) in [6, 6.07) is 0. The third kappa shape index (κ3) is 4.40. The van der Waals surface area contributed by atoms with Crippen LogP contribution in [0.25, 0.3) is 0 Å². The third-order valence-corrected chi connectivity index (χ3v) is 4.27. The molecular formula is C15H30O5. The van der Waals surface area contributed by atoms with E-state index in [0.29, 0.717) is 32.5 Å². The second-order valence-electron chi connectivity index (χ2n) is 5.44. The van der Waals surface area contributed by atoms with Gasteiger partial charge >= 0.3 is 0 Å². The molecule has 120 valence electrons. The Balaban J connectivity index is 2.36. The van der Waals surface area contributed by atoms with E-state index in [-0.39, 0.29) is 6.10 Å². The molecule has 0 amide bonds. The number of rotatable bonds is 9. The van der Waals surface area contributed by atoms with Crippen molar-refractivity contribution in [2.45, 2.75) is 83.6 Å². The summed E-state index contributed by atoms with van der Waals surface area (Å²) in [4.78, 5) is 0. The average molecular weight is 290 g/mol. The minimum atomic E-state index is -1.08. The summed E-state index contributed by atoms with van der Waals surface area (Å²) in [5.41, 5.74) is 0. The van der Waals surface area contributed by atoms with Gasteiger partial charge in [-0.1, -0.05) is 27.7 Å². The van der Waals surface area contributed by atoms with E-state index < -0.39 is 17.7 Å². The number of aliphatic hydroxyl groups is 2. The fraction of sp³-hybridized carbons (Fsp3) is 1.00. The van der Waals surface area contributed by atoms with Gasteiger partial charge in [-0.05, 0) is 32.1 Å². The second-order valence-corrected chi connectivity index (χ2v) is 5.44. The van der Waals surface area contributed by atoms with Gasteiger partial charge in [-0.2, -0.15) is 0 Å². The molecule has 5 nitrogen and oxygen atoms in total. The van der Waals surface area contributed by atoms with Crippen LogP contribution in [0.15, 0.2) is 0 Å². The van der Waals surface area contributed by atoms with Gasteiger partial charge in [-0.3, -0.25) is 0 Å². The lowest BCUT2D eigenvalue weighted by atomic mass is 10.1. The van der Waals surface area contributed by atoms with Crippen molar-refractivity contribution < 1.29 is 24.4 Å². The molecule has 0 bridgehead atoms. The molecule has 2 atom stereocenters. The van der Waals surface area contributed by atoms with Crippen molar-refractivity contribution in [2.75, 3.05) is 13.2 Å². The van der Waals surface area contributed by atoms with Crippen LogP contribution in [0.2, 0.25) is 0 Å². The Kier molecular flexibility index (Phi) is 6.88. The Morgan fingerprint density at radius 3 is 2.30 bits per heavy atom. The molecule has 1 aliphatic heterocycles. The van der Waals surface area contributed by atoms with Gasteiger partial charge in [0.25, 0.3) is 0 Å². The maximum Gasteiger partial charge on any atom is 0.168 e. The van der Waals surface area contributed by atoms with E-state index >= 15 is 0 Å². The maximum atomic E-state index is 10.1. The molecule has 2 N–H and O–H groups in total. The lowest BCUT2D eigenvalue weighted by Crippen LogP contribution is -2.36. The minimum absolute atomic E-state index is 0.310. The van der Waals surface area contributed by atoms with Crippen LogP contribution in [0.4, 0.5) is 0 Å². The summed E-state index contributed by atoms with van der Waals surface area (Å²) in [6.45, 7) is 8.52. The lowest BCUT2D eigenvalue weighted by molar-refractivity contribution is -0.213. The highest BCUT2D eigenvalue weighted by molar-refractivity contribution is 4.81. The van der Waals surface area contributed by atoms with Gasteiger partial charge in [0.1, 0.15) is 6.10 Å². The SMILES string of the molecule is CCC(O)(CC)OCCC(O)[C@@H]1COC(CC)(CC)O1. The van der Waals surface area contributed by atoms with E-state index in [1.807, 2.05) is 27.7 Å². The zero-order valence-corrected chi connectivity index (χ0v) is 13.2. The van der Waals surface area contributed by atoms with E-state index in [2.05, 4.69) is 0 Å². The molecule has 0 aromatic rings. The number of hydrogen-bond donors (Lipinski definition) is 2. The van der Waals surface area contributed by atoms with Gasteiger partial charge in [0, 0.05) is 0 Å². The van der Waals surface area contributed by atoms with E-state index in [1.54, 1.807) is 0 Å². The second kappa shape index (κ2) is 7.71. The Labute approximate surface area is 122 Å². The minimum Gasteiger partial charge on any atom is -0.390 e. The predicted octanol–water partition coefficient (Wildman–Crippen LogP) is 2.19. The molecule has 0 aromatic heterocycles. The van der Waals surface area contributed by atoms with Crippen LogP contribution in [-0.2, 0) is 14.2 Å². The topological polar surface area (TPSA) is 68.2 Å². The van der Waals surface area contributed by atoms with Crippen molar-refractivity contribution in [3.63, 3.8) is 0 Å². The first-order chi connectivity index (χ1) is 9.44. The van der Waals surface area contributed by atoms with Gasteiger partial charge in [0.05, 0.1) is 19.3 Å². The Bertz CT molecular complexity index is 273. The van der Waals surface area contributed by atoms with Gasteiger partial charge < -0.3 is 24.4 Å². The molecule has 0 saturated carbocycles. The predicted molar refractivity (Wildman–Crippen MR) is 76.2 cm³/mol. The van der Waals surface area contributed by atoms with Crippen molar-refractivity contribution in [3.8, 4) is 0 Å². The van der Waals surface area contributed by atoms with Crippen LogP contribution in [0.1, 0.15) is 59.8 Å². The molecule has 1 aliphatic rings. The van der Waals surface area contributed by atoms with Crippen molar-refractivity contribution in [2.24, 2.45) is 0 Å². The molecule has 1 fully saturated rings. The Morgan fingerprint density at radius 2 is 1.85 bits per heavy atom. The Hall–Kier alpha value is -0.200. The van der Waals surface area contributed by atoms with Gasteiger partial charge in [0.2, 0.25) is 0 Å². The summed E-state index contributed by atoms with van der Waals surface area (Å²) in [7, 11) is 0. The fourth-order valence-corrected chi connectivity index (χ4v) is 2.40. The van der Waals surface area contributed by atoms with Gasteiger partial charge in [-0.15, -0.1) is 0 Å². The summed E-state index contributed by atoms with van der Waals surface area (Å²) in [5, 5.41) is 20.2. The van der Waals surface area contributed by atoms with E-state index in [9.17, 15) is 10.2 Å². The molecule has 0 aliphatic carbocycles. The summed E-state index contributed by atoms with van der Waals surface area (Å²) < 4.78 is 17.0. The third-order valence-electron chi connectivity index (χ3n) is 4.27. The van der Waals surface area contributed by atoms with Crippen LogP contribution >= 0.6 is 0 Å². The Morgan fingerprint density at radius 1 is 1.25 bits per heavy atom. The highest BCUT2D eigenvalue weighted by Crippen LogP contribution is 2.32. The molecule has 0 spiro atoms. The first kappa shape index (κ1) is 17.9. The number of aliphatic hydroxyl groups excluding tert-OH is 1. The molecule has 0 aromatic carbocycles.